The van der Waals surface area contributed by atoms with E-state index in [1.165, 1.54) is 4.80 Å². The third-order valence-corrected chi connectivity index (χ3v) is 4.09. The number of aromatic nitrogens is 5. The van der Waals surface area contributed by atoms with Crippen molar-refractivity contribution < 1.29 is 9.47 Å². The molecule has 2 aromatic heterocycles. The number of nitrogens with zero attached hydrogens (tertiary/aromatic N) is 5. The SMILES string of the molecule is c1ccc(-c2nnn(-c3cccc(-c4ccc5c(c4)OCO5)c3)n2)nc1. The third kappa shape index (κ3) is 2.55. The zero-order valence-corrected chi connectivity index (χ0v) is 13.6. The van der Waals surface area contributed by atoms with E-state index in [9.17, 15) is 0 Å². The van der Waals surface area contributed by atoms with Gasteiger partial charge in [0, 0.05) is 6.20 Å². The van der Waals surface area contributed by atoms with E-state index in [0.717, 1.165) is 28.3 Å². The Labute approximate surface area is 148 Å². The predicted molar refractivity (Wildman–Crippen MR) is 93.9 cm³/mol. The first kappa shape index (κ1) is 14.6. The van der Waals surface area contributed by atoms with E-state index in [2.05, 4.69) is 20.4 Å². The highest BCUT2D eigenvalue weighted by atomic mass is 16.7. The maximum absolute atomic E-state index is 5.46. The summed E-state index contributed by atoms with van der Waals surface area (Å²) in [5.74, 6) is 2.01. The van der Waals surface area contributed by atoms with Crippen LogP contribution in [0.25, 0.3) is 28.3 Å². The maximum Gasteiger partial charge on any atom is 0.231 e. The van der Waals surface area contributed by atoms with Gasteiger partial charge in [0.15, 0.2) is 11.5 Å². The zero-order valence-electron chi connectivity index (χ0n) is 13.6. The van der Waals surface area contributed by atoms with Crippen molar-refractivity contribution in [2.24, 2.45) is 0 Å². The Balaban J connectivity index is 1.50. The van der Waals surface area contributed by atoms with Crippen LogP contribution in [0.4, 0.5) is 0 Å². The highest BCUT2D eigenvalue weighted by molar-refractivity contribution is 5.69. The van der Waals surface area contributed by atoms with Gasteiger partial charge in [-0.15, -0.1) is 15.0 Å². The number of fused-ring (bicyclic) bond motifs is 1. The molecule has 126 valence electrons. The minimum atomic E-state index is 0.262. The molecule has 4 aromatic rings. The second-order valence-corrected chi connectivity index (χ2v) is 5.74. The predicted octanol–water partition coefficient (Wildman–Crippen LogP) is 3.12. The summed E-state index contributed by atoms with van der Waals surface area (Å²) in [6, 6.07) is 19.4. The molecule has 0 fully saturated rings. The van der Waals surface area contributed by atoms with Crippen molar-refractivity contribution in [3.63, 3.8) is 0 Å². The van der Waals surface area contributed by atoms with Crippen molar-refractivity contribution in [3.05, 3.63) is 66.9 Å². The molecule has 1 aliphatic rings. The normalized spacial score (nSPS) is 12.3. The van der Waals surface area contributed by atoms with E-state index in [0.29, 0.717) is 11.5 Å². The lowest BCUT2D eigenvalue weighted by Crippen LogP contribution is -1.99. The first-order valence-corrected chi connectivity index (χ1v) is 8.09. The largest absolute Gasteiger partial charge is 0.454 e. The summed E-state index contributed by atoms with van der Waals surface area (Å²) in [6.07, 6.45) is 1.70. The molecule has 5 rings (SSSR count). The molecule has 0 atom stereocenters. The highest BCUT2D eigenvalue weighted by Crippen LogP contribution is 2.36. The highest BCUT2D eigenvalue weighted by Gasteiger charge is 2.14. The number of benzene rings is 2. The van der Waals surface area contributed by atoms with Crippen molar-refractivity contribution in [1.29, 1.82) is 0 Å². The Bertz CT molecular complexity index is 1080. The lowest BCUT2D eigenvalue weighted by molar-refractivity contribution is 0.174. The van der Waals surface area contributed by atoms with E-state index in [1.54, 1.807) is 6.20 Å². The number of hydrogen-bond acceptors (Lipinski definition) is 6. The van der Waals surface area contributed by atoms with Crippen molar-refractivity contribution in [2.75, 3.05) is 6.79 Å². The number of pyridine rings is 1. The lowest BCUT2D eigenvalue weighted by atomic mass is 10.0. The van der Waals surface area contributed by atoms with Crippen molar-refractivity contribution >= 4 is 0 Å². The van der Waals surface area contributed by atoms with Crippen LogP contribution in [-0.4, -0.2) is 32.0 Å². The molecule has 3 heterocycles. The fourth-order valence-electron chi connectivity index (χ4n) is 2.81. The van der Waals surface area contributed by atoms with Gasteiger partial charge in [-0.3, -0.25) is 4.98 Å². The fraction of sp³-hybridized carbons (Fsp3) is 0.0526. The first-order valence-electron chi connectivity index (χ1n) is 8.09. The van der Waals surface area contributed by atoms with Crippen molar-refractivity contribution in [2.45, 2.75) is 0 Å². The second kappa shape index (κ2) is 5.96. The molecule has 0 bridgehead atoms. The van der Waals surface area contributed by atoms with Crippen LogP contribution < -0.4 is 9.47 Å². The van der Waals surface area contributed by atoms with Gasteiger partial charge in [-0.1, -0.05) is 24.3 Å². The number of hydrogen-bond donors (Lipinski definition) is 0. The van der Waals surface area contributed by atoms with Crippen LogP contribution in [0.5, 0.6) is 11.5 Å². The molecular weight excluding hydrogens is 330 g/mol. The molecule has 2 aromatic carbocycles. The van der Waals surface area contributed by atoms with Gasteiger partial charge in [-0.05, 0) is 52.7 Å². The molecule has 0 radical (unpaired) electrons. The molecule has 0 aliphatic carbocycles. The van der Waals surface area contributed by atoms with Gasteiger partial charge in [-0.25, -0.2) is 0 Å². The van der Waals surface area contributed by atoms with Crippen LogP contribution in [0, 0.1) is 0 Å². The standard InChI is InChI=1S/C19H13N5O2/c1-2-9-20-16(6-1)19-21-23-24(22-19)15-5-3-4-13(10-15)14-7-8-17-18(11-14)26-12-25-17/h1-11H,12H2. The summed E-state index contributed by atoms with van der Waals surface area (Å²) in [5, 5.41) is 12.7. The molecule has 0 amide bonds. The van der Waals surface area contributed by atoms with Crippen LogP contribution in [-0.2, 0) is 0 Å². The van der Waals surface area contributed by atoms with Crippen LogP contribution in [0.2, 0.25) is 0 Å². The van der Waals surface area contributed by atoms with Gasteiger partial charge in [0.25, 0.3) is 0 Å². The van der Waals surface area contributed by atoms with Gasteiger partial charge >= 0.3 is 0 Å². The summed E-state index contributed by atoms with van der Waals surface area (Å²) < 4.78 is 10.8. The third-order valence-electron chi connectivity index (χ3n) is 4.09. The molecular formula is C19H13N5O2. The molecule has 26 heavy (non-hydrogen) atoms. The Hall–Kier alpha value is -3.74. The Morgan fingerprint density at radius 1 is 0.846 bits per heavy atom. The number of ether oxygens (including phenoxy) is 2. The van der Waals surface area contributed by atoms with Gasteiger partial charge in [0.1, 0.15) is 5.69 Å². The second-order valence-electron chi connectivity index (χ2n) is 5.74. The maximum atomic E-state index is 5.46. The van der Waals surface area contributed by atoms with Gasteiger partial charge in [-0.2, -0.15) is 0 Å². The van der Waals surface area contributed by atoms with Gasteiger partial charge in [0.2, 0.25) is 12.6 Å². The topological polar surface area (TPSA) is 75.0 Å². The summed E-state index contributed by atoms with van der Waals surface area (Å²) in [7, 11) is 0. The lowest BCUT2D eigenvalue weighted by Gasteiger charge is -2.05. The minimum Gasteiger partial charge on any atom is -0.454 e. The number of rotatable bonds is 3. The molecule has 0 spiro atoms. The molecule has 0 unspecified atom stereocenters. The molecule has 1 aliphatic heterocycles. The fourth-order valence-corrected chi connectivity index (χ4v) is 2.81. The van der Waals surface area contributed by atoms with Gasteiger partial charge < -0.3 is 9.47 Å². The summed E-state index contributed by atoms with van der Waals surface area (Å²) >= 11 is 0. The molecule has 0 saturated heterocycles. The Morgan fingerprint density at radius 3 is 2.69 bits per heavy atom. The smallest absolute Gasteiger partial charge is 0.231 e. The summed E-state index contributed by atoms with van der Waals surface area (Å²) in [6.45, 7) is 0.262. The van der Waals surface area contributed by atoms with Crippen molar-refractivity contribution in [3.8, 4) is 39.8 Å². The molecule has 7 heteroatoms. The zero-order chi connectivity index (χ0) is 17.3. The van der Waals surface area contributed by atoms with E-state index in [4.69, 9.17) is 9.47 Å². The van der Waals surface area contributed by atoms with E-state index < -0.39 is 0 Å². The average Bonchev–Trinajstić information content (AvgIpc) is 3.38. The first-order chi connectivity index (χ1) is 12.9. The number of tetrazole rings is 1. The Morgan fingerprint density at radius 2 is 1.77 bits per heavy atom. The monoisotopic (exact) mass is 343 g/mol. The molecule has 7 nitrogen and oxygen atoms in total. The van der Waals surface area contributed by atoms with Crippen LogP contribution in [0.1, 0.15) is 0 Å². The van der Waals surface area contributed by atoms with Crippen molar-refractivity contribution in [1.82, 2.24) is 25.2 Å². The van der Waals surface area contributed by atoms with E-state index >= 15 is 0 Å². The molecule has 0 N–H and O–H groups in total. The van der Waals surface area contributed by atoms with Crippen LogP contribution >= 0.6 is 0 Å². The quantitative estimate of drug-likeness (QED) is 0.569. The average molecular weight is 343 g/mol. The van der Waals surface area contributed by atoms with Gasteiger partial charge in [0.05, 0.1) is 5.69 Å². The summed E-state index contributed by atoms with van der Waals surface area (Å²) in [5.41, 5.74) is 3.55. The summed E-state index contributed by atoms with van der Waals surface area (Å²) in [4.78, 5) is 5.75. The van der Waals surface area contributed by atoms with E-state index in [-0.39, 0.29) is 6.79 Å². The Kier molecular flexibility index (Phi) is 3.35. The van der Waals surface area contributed by atoms with E-state index in [1.807, 2.05) is 60.7 Å². The molecule has 0 saturated carbocycles. The minimum absolute atomic E-state index is 0.262. The van der Waals surface area contributed by atoms with Crippen LogP contribution in [0.3, 0.4) is 0 Å². The van der Waals surface area contributed by atoms with Crippen LogP contribution in [0.15, 0.2) is 66.9 Å².